The van der Waals surface area contributed by atoms with Gasteiger partial charge in [-0.3, -0.25) is 0 Å². The van der Waals surface area contributed by atoms with Crippen LogP contribution in [0.5, 0.6) is 0 Å². The van der Waals surface area contributed by atoms with Gasteiger partial charge in [-0.05, 0) is 44.0 Å². The van der Waals surface area contributed by atoms with E-state index in [1.807, 2.05) is 0 Å². The minimum Gasteiger partial charge on any atom is -0.376 e. The molecule has 1 fully saturated rings. The topological polar surface area (TPSA) is 24.5 Å². The summed E-state index contributed by atoms with van der Waals surface area (Å²) >= 11 is 3.59. The molecular weight excluding hydrogens is 316 g/mol. The first-order chi connectivity index (χ1) is 9.61. The van der Waals surface area contributed by atoms with Crippen molar-refractivity contribution in [3.05, 3.63) is 28.2 Å². The molecule has 2 atom stereocenters. The lowest BCUT2D eigenvalue weighted by molar-refractivity contribution is 0.116. The van der Waals surface area contributed by atoms with Crippen LogP contribution in [-0.4, -0.2) is 32.8 Å². The van der Waals surface area contributed by atoms with Gasteiger partial charge in [0.15, 0.2) is 0 Å². The fraction of sp³-hybridized carbons (Fsp3) is 0.625. The summed E-state index contributed by atoms with van der Waals surface area (Å²) < 4.78 is 6.88. The van der Waals surface area contributed by atoms with Crippen molar-refractivity contribution in [3.63, 3.8) is 0 Å². The largest absolute Gasteiger partial charge is 0.376 e. The van der Waals surface area contributed by atoms with E-state index < -0.39 is 0 Å². The van der Waals surface area contributed by atoms with Crippen LogP contribution in [0.15, 0.2) is 22.7 Å². The molecule has 1 heterocycles. The molecule has 1 saturated heterocycles. The molecule has 0 aromatic heterocycles. The molecular formula is C16H25BrN2O. The van der Waals surface area contributed by atoms with E-state index in [1.54, 1.807) is 0 Å². The normalized spacial score (nSPS) is 20.1. The zero-order valence-corrected chi connectivity index (χ0v) is 14.2. The van der Waals surface area contributed by atoms with Gasteiger partial charge in [-0.1, -0.05) is 28.9 Å². The predicted molar refractivity (Wildman–Crippen MR) is 88.5 cm³/mol. The number of nitrogens with one attached hydrogen (secondary N) is 1. The van der Waals surface area contributed by atoms with Crippen LogP contribution in [0.1, 0.15) is 38.3 Å². The number of hydrogen-bond acceptors (Lipinski definition) is 3. The summed E-state index contributed by atoms with van der Waals surface area (Å²) in [6, 6.07) is 6.89. The Kier molecular flexibility index (Phi) is 5.87. The Morgan fingerprint density at radius 1 is 1.50 bits per heavy atom. The third-order valence-corrected chi connectivity index (χ3v) is 4.38. The van der Waals surface area contributed by atoms with E-state index in [0.717, 1.165) is 24.2 Å². The number of benzene rings is 1. The van der Waals surface area contributed by atoms with E-state index in [4.69, 9.17) is 4.74 Å². The SMILES string of the molecule is CCNC(C)c1ccc(Br)cc1N(C)CC1CCCO1. The fourth-order valence-electron chi connectivity index (χ4n) is 2.82. The molecule has 0 radical (unpaired) electrons. The number of anilines is 1. The quantitative estimate of drug-likeness (QED) is 0.853. The van der Waals surface area contributed by atoms with Gasteiger partial charge in [-0.15, -0.1) is 0 Å². The average molecular weight is 341 g/mol. The van der Waals surface area contributed by atoms with Crippen LogP contribution < -0.4 is 10.2 Å². The molecule has 0 aliphatic carbocycles. The van der Waals surface area contributed by atoms with E-state index in [1.165, 1.54) is 24.1 Å². The highest BCUT2D eigenvalue weighted by Crippen LogP contribution is 2.30. The van der Waals surface area contributed by atoms with Crippen LogP contribution in [0.2, 0.25) is 0 Å². The molecule has 4 heteroatoms. The molecule has 0 saturated carbocycles. The highest BCUT2D eigenvalue weighted by molar-refractivity contribution is 9.10. The van der Waals surface area contributed by atoms with Crippen LogP contribution >= 0.6 is 15.9 Å². The minimum atomic E-state index is 0.357. The fourth-order valence-corrected chi connectivity index (χ4v) is 3.17. The maximum absolute atomic E-state index is 5.75. The van der Waals surface area contributed by atoms with Crippen molar-refractivity contribution < 1.29 is 4.74 Å². The maximum Gasteiger partial charge on any atom is 0.0750 e. The lowest BCUT2D eigenvalue weighted by atomic mass is 10.0. The lowest BCUT2D eigenvalue weighted by Gasteiger charge is -2.27. The first-order valence-corrected chi connectivity index (χ1v) is 8.26. The highest BCUT2D eigenvalue weighted by atomic mass is 79.9. The summed E-state index contributed by atoms with van der Waals surface area (Å²) in [5, 5.41) is 3.50. The molecule has 112 valence electrons. The van der Waals surface area contributed by atoms with Crippen LogP contribution in [0.3, 0.4) is 0 Å². The van der Waals surface area contributed by atoms with Crippen molar-refractivity contribution in [2.75, 3.05) is 31.6 Å². The molecule has 3 nitrogen and oxygen atoms in total. The molecule has 1 aliphatic rings. The molecule has 2 rings (SSSR count). The van der Waals surface area contributed by atoms with Gasteiger partial charge < -0.3 is 15.0 Å². The van der Waals surface area contributed by atoms with E-state index >= 15 is 0 Å². The second kappa shape index (κ2) is 7.43. The van der Waals surface area contributed by atoms with E-state index in [-0.39, 0.29) is 0 Å². The van der Waals surface area contributed by atoms with Gasteiger partial charge in [-0.25, -0.2) is 0 Å². The Hall–Kier alpha value is -0.580. The standard InChI is InChI=1S/C16H25BrN2O/c1-4-18-12(2)15-8-7-13(17)10-16(15)19(3)11-14-6-5-9-20-14/h7-8,10,12,14,18H,4-6,9,11H2,1-3H3. The van der Waals surface area contributed by atoms with Gasteiger partial charge in [0, 0.05) is 36.4 Å². The Balaban J connectivity index is 2.16. The molecule has 1 N–H and O–H groups in total. The Bertz CT molecular complexity index is 432. The first kappa shape index (κ1) is 15.8. The van der Waals surface area contributed by atoms with Gasteiger partial charge in [0.05, 0.1) is 6.10 Å². The van der Waals surface area contributed by atoms with Gasteiger partial charge >= 0.3 is 0 Å². The number of rotatable bonds is 6. The number of nitrogens with zero attached hydrogens (tertiary/aromatic N) is 1. The summed E-state index contributed by atoms with van der Waals surface area (Å²) in [7, 11) is 2.16. The molecule has 2 unspecified atom stereocenters. The Labute approximate surface area is 130 Å². The highest BCUT2D eigenvalue weighted by Gasteiger charge is 2.20. The van der Waals surface area contributed by atoms with Crippen molar-refractivity contribution in [2.24, 2.45) is 0 Å². The third kappa shape index (κ3) is 3.96. The summed E-state index contributed by atoms with van der Waals surface area (Å²) in [5.74, 6) is 0. The molecule has 1 aliphatic heterocycles. The zero-order chi connectivity index (χ0) is 14.5. The monoisotopic (exact) mass is 340 g/mol. The van der Waals surface area contributed by atoms with Crippen molar-refractivity contribution in [1.82, 2.24) is 5.32 Å². The molecule has 20 heavy (non-hydrogen) atoms. The third-order valence-electron chi connectivity index (χ3n) is 3.88. The molecule has 1 aromatic rings. The molecule has 1 aromatic carbocycles. The van der Waals surface area contributed by atoms with Gasteiger partial charge in [-0.2, -0.15) is 0 Å². The van der Waals surface area contributed by atoms with E-state index in [9.17, 15) is 0 Å². The molecule has 0 bridgehead atoms. The smallest absolute Gasteiger partial charge is 0.0750 e. The summed E-state index contributed by atoms with van der Waals surface area (Å²) in [5.41, 5.74) is 2.62. The summed E-state index contributed by atoms with van der Waals surface area (Å²) in [6.45, 7) is 7.22. The summed E-state index contributed by atoms with van der Waals surface area (Å²) in [6.07, 6.45) is 2.75. The van der Waals surface area contributed by atoms with Crippen LogP contribution in [0.25, 0.3) is 0 Å². The summed E-state index contributed by atoms with van der Waals surface area (Å²) in [4.78, 5) is 2.32. The first-order valence-electron chi connectivity index (χ1n) is 7.47. The number of likely N-dealkylation sites (N-methyl/N-ethyl adjacent to an activating group) is 1. The Morgan fingerprint density at radius 2 is 2.30 bits per heavy atom. The van der Waals surface area contributed by atoms with Crippen molar-refractivity contribution in [3.8, 4) is 0 Å². The number of hydrogen-bond donors (Lipinski definition) is 1. The predicted octanol–water partition coefficient (Wildman–Crippen LogP) is 3.73. The lowest BCUT2D eigenvalue weighted by Crippen LogP contribution is -2.30. The van der Waals surface area contributed by atoms with Crippen molar-refractivity contribution >= 4 is 21.6 Å². The van der Waals surface area contributed by atoms with Gasteiger partial charge in [0.2, 0.25) is 0 Å². The van der Waals surface area contributed by atoms with Gasteiger partial charge in [0.25, 0.3) is 0 Å². The van der Waals surface area contributed by atoms with E-state index in [2.05, 4.69) is 65.2 Å². The van der Waals surface area contributed by atoms with Crippen LogP contribution in [0.4, 0.5) is 5.69 Å². The van der Waals surface area contributed by atoms with Crippen molar-refractivity contribution in [2.45, 2.75) is 38.8 Å². The van der Waals surface area contributed by atoms with Gasteiger partial charge in [0.1, 0.15) is 0 Å². The van der Waals surface area contributed by atoms with Crippen LogP contribution in [-0.2, 0) is 4.74 Å². The molecule has 0 spiro atoms. The average Bonchev–Trinajstić information content (AvgIpc) is 2.91. The second-order valence-corrected chi connectivity index (χ2v) is 6.41. The number of halogens is 1. The minimum absolute atomic E-state index is 0.357. The zero-order valence-electron chi connectivity index (χ0n) is 12.7. The maximum atomic E-state index is 5.75. The van der Waals surface area contributed by atoms with Crippen LogP contribution in [0, 0.1) is 0 Å². The second-order valence-electron chi connectivity index (χ2n) is 5.50. The van der Waals surface area contributed by atoms with E-state index in [0.29, 0.717) is 12.1 Å². The van der Waals surface area contributed by atoms with Crippen molar-refractivity contribution in [1.29, 1.82) is 0 Å². The Morgan fingerprint density at radius 3 is 2.95 bits per heavy atom. The number of ether oxygens (including phenoxy) is 1. The molecule has 0 amide bonds.